The van der Waals surface area contributed by atoms with E-state index >= 15 is 0 Å². The molecule has 1 aliphatic heterocycles. The summed E-state index contributed by atoms with van der Waals surface area (Å²) in [6, 6.07) is 0. The van der Waals surface area contributed by atoms with Crippen molar-refractivity contribution in [3.05, 3.63) is 11.8 Å². The second-order valence-electron chi connectivity index (χ2n) is 3.76. The van der Waals surface area contributed by atoms with Gasteiger partial charge in [0.05, 0.1) is 6.10 Å². The van der Waals surface area contributed by atoms with Crippen molar-refractivity contribution in [2.75, 3.05) is 0 Å². The van der Waals surface area contributed by atoms with Gasteiger partial charge in [-0.1, -0.05) is 19.9 Å². The molecule has 5 heteroatoms. The molecule has 90 valence electrons. The molecule has 5 nitrogen and oxygen atoms in total. The van der Waals surface area contributed by atoms with Crippen molar-refractivity contribution in [3.8, 4) is 0 Å². The van der Waals surface area contributed by atoms with Crippen molar-refractivity contribution in [1.82, 2.24) is 10.7 Å². The second kappa shape index (κ2) is 5.65. The molecule has 1 heterocycles. The van der Waals surface area contributed by atoms with Crippen LogP contribution in [0.3, 0.4) is 0 Å². The normalized spacial score (nSPS) is 22.1. The van der Waals surface area contributed by atoms with Crippen molar-refractivity contribution in [2.24, 2.45) is 11.0 Å². The molecule has 1 rings (SSSR count). The number of amidine groups is 1. The van der Waals surface area contributed by atoms with Gasteiger partial charge in [-0.05, 0) is 19.8 Å². The van der Waals surface area contributed by atoms with E-state index in [1.54, 1.807) is 13.0 Å². The summed E-state index contributed by atoms with van der Waals surface area (Å²) in [7, 11) is 0. The largest absolute Gasteiger partial charge is 0.392 e. The lowest BCUT2D eigenvalue weighted by Crippen LogP contribution is -2.47. The van der Waals surface area contributed by atoms with E-state index in [4.69, 9.17) is 0 Å². The summed E-state index contributed by atoms with van der Waals surface area (Å²) in [5.74, 6) is 0.196. The highest BCUT2D eigenvalue weighted by Crippen LogP contribution is 2.14. The summed E-state index contributed by atoms with van der Waals surface area (Å²) in [4.78, 5) is 11.6. The van der Waals surface area contributed by atoms with Gasteiger partial charge in [0, 0.05) is 5.92 Å². The standard InChI is InChI=1S/C11H19N3O2/c1-4-7(9(15)6-3)10-12-11(16)8(5-2)13-14-10/h5,7,9,13,15H,4,6H2,1-3H3,(H,12,14,16)/b8-5-. The molecule has 0 aromatic carbocycles. The molecule has 2 atom stereocenters. The lowest BCUT2D eigenvalue weighted by atomic mass is 9.96. The summed E-state index contributed by atoms with van der Waals surface area (Å²) in [5, 5.41) is 16.6. The van der Waals surface area contributed by atoms with Gasteiger partial charge in [0.2, 0.25) is 0 Å². The average Bonchev–Trinajstić information content (AvgIpc) is 2.30. The number of hydrogen-bond donors (Lipinski definition) is 3. The molecule has 1 aliphatic rings. The number of nitrogens with zero attached hydrogens (tertiary/aromatic N) is 1. The van der Waals surface area contributed by atoms with Crippen LogP contribution in [0.2, 0.25) is 0 Å². The van der Waals surface area contributed by atoms with E-state index in [9.17, 15) is 9.90 Å². The maximum Gasteiger partial charge on any atom is 0.274 e. The Bertz CT molecular complexity index is 323. The fraction of sp³-hybridized carbons (Fsp3) is 0.636. The molecule has 1 amide bonds. The molecular weight excluding hydrogens is 206 g/mol. The first-order chi connectivity index (χ1) is 7.63. The number of hydrogen-bond acceptors (Lipinski definition) is 4. The van der Waals surface area contributed by atoms with Gasteiger partial charge in [-0.25, -0.2) is 0 Å². The van der Waals surface area contributed by atoms with Gasteiger partial charge in [-0.15, -0.1) is 0 Å². The molecule has 16 heavy (non-hydrogen) atoms. The minimum atomic E-state index is -0.474. The first-order valence-electron chi connectivity index (χ1n) is 5.63. The Morgan fingerprint density at radius 1 is 1.44 bits per heavy atom. The summed E-state index contributed by atoms with van der Waals surface area (Å²) in [6.45, 7) is 5.63. The van der Waals surface area contributed by atoms with Gasteiger partial charge in [-0.3, -0.25) is 10.2 Å². The third-order valence-electron chi connectivity index (χ3n) is 2.75. The Morgan fingerprint density at radius 3 is 2.56 bits per heavy atom. The highest BCUT2D eigenvalue weighted by Gasteiger charge is 2.27. The van der Waals surface area contributed by atoms with Gasteiger partial charge in [0.1, 0.15) is 11.5 Å². The molecule has 0 bridgehead atoms. The van der Waals surface area contributed by atoms with E-state index in [2.05, 4.69) is 15.8 Å². The number of nitrogens with one attached hydrogen (secondary N) is 2. The number of aliphatic hydroxyl groups is 1. The van der Waals surface area contributed by atoms with Crippen molar-refractivity contribution >= 4 is 11.7 Å². The maximum absolute atomic E-state index is 11.6. The fourth-order valence-electron chi connectivity index (χ4n) is 1.69. The van der Waals surface area contributed by atoms with Gasteiger partial charge in [-0.2, -0.15) is 5.10 Å². The Labute approximate surface area is 95.6 Å². The molecule has 0 fully saturated rings. The SMILES string of the molecule is C/C=C1\NN=C(C(CC)C(O)CC)NC1=O. The highest BCUT2D eigenvalue weighted by atomic mass is 16.3. The maximum atomic E-state index is 11.6. The zero-order valence-electron chi connectivity index (χ0n) is 9.95. The van der Waals surface area contributed by atoms with E-state index in [-0.39, 0.29) is 11.8 Å². The van der Waals surface area contributed by atoms with Gasteiger partial charge in [0.25, 0.3) is 5.91 Å². The summed E-state index contributed by atoms with van der Waals surface area (Å²) >= 11 is 0. The molecule has 0 aromatic rings. The number of carbonyl (C=O) groups excluding carboxylic acids is 1. The van der Waals surface area contributed by atoms with Crippen LogP contribution < -0.4 is 10.7 Å². The van der Waals surface area contributed by atoms with E-state index in [0.29, 0.717) is 18.0 Å². The Balaban J connectivity index is 2.81. The summed E-state index contributed by atoms with van der Waals surface area (Å²) in [6.07, 6.45) is 2.57. The number of aliphatic hydroxyl groups excluding tert-OH is 1. The lowest BCUT2D eigenvalue weighted by molar-refractivity contribution is -0.116. The summed E-state index contributed by atoms with van der Waals surface area (Å²) < 4.78 is 0. The average molecular weight is 225 g/mol. The lowest BCUT2D eigenvalue weighted by Gasteiger charge is -2.25. The first-order valence-corrected chi connectivity index (χ1v) is 5.63. The predicted molar refractivity (Wildman–Crippen MR) is 62.5 cm³/mol. The van der Waals surface area contributed by atoms with Crippen LogP contribution in [-0.4, -0.2) is 23.0 Å². The third kappa shape index (κ3) is 2.61. The van der Waals surface area contributed by atoms with Crippen LogP contribution in [0.4, 0.5) is 0 Å². The molecule has 3 N–H and O–H groups in total. The van der Waals surface area contributed by atoms with Crippen molar-refractivity contribution in [1.29, 1.82) is 0 Å². The van der Waals surface area contributed by atoms with Gasteiger partial charge >= 0.3 is 0 Å². The number of carbonyl (C=O) groups is 1. The molecule has 0 aromatic heterocycles. The van der Waals surface area contributed by atoms with E-state index in [1.165, 1.54) is 0 Å². The van der Waals surface area contributed by atoms with E-state index in [1.807, 2.05) is 13.8 Å². The summed E-state index contributed by atoms with van der Waals surface area (Å²) in [5.41, 5.74) is 3.12. The fourth-order valence-corrected chi connectivity index (χ4v) is 1.69. The molecule has 0 radical (unpaired) electrons. The van der Waals surface area contributed by atoms with Crippen LogP contribution in [0.15, 0.2) is 16.9 Å². The number of hydrazone groups is 1. The van der Waals surface area contributed by atoms with Crippen LogP contribution in [0.25, 0.3) is 0 Å². The van der Waals surface area contributed by atoms with Crippen LogP contribution >= 0.6 is 0 Å². The van der Waals surface area contributed by atoms with Crippen LogP contribution in [0, 0.1) is 5.92 Å². The van der Waals surface area contributed by atoms with Gasteiger partial charge < -0.3 is 10.4 Å². The van der Waals surface area contributed by atoms with Gasteiger partial charge in [0.15, 0.2) is 0 Å². The molecule has 2 unspecified atom stereocenters. The molecular formula is C11H19N3O2. The van der Waals surface area contributed by atoms with Crippen LogP contribution in [-0.2, 0) is 4.79 Å². The Kier molecular flexibility index (Phi) is 4.49. The molecule has 0 saturated heterocycles. The molecule has 0 aliphatic carbocycles. The van der Waals surface area contributed by atoms with Crippen LogP contribution in [0.5, 0.6) is 0 Å². The topological polar surface area (TPSA) is 73.7 Å². The Hall–Kier alpha value is -1.36. The first kappa shape index (κ1) is 12.7. The number of rotatable bonds is 4. The molecule has 0 spiro atoms. The highest BCUT2D eigenvalue weighted by molar-refractivity contribution is 6.08. The predicted octanol–water partition coefficient (Wildman–Crippen LogP) is 0.720. The van der Waals surface area contributed by atoms with E-state index < -0.39 is 6.10 Å². The minimum Gasteiger partial charge on any atom is -0.392 e. The Morgan fingerprint density at radius 2 is 2.12 bits per heavy atom. The quantitative estimate of drug-likeness (QED) is 0.617. The smallest absolute Gasteiger partial charge is 0.274 e. The van der Waals surface area contributed by atoms with E-state index in [0.717, 1.165) is 6.42 Å². The monoisotopic (exact) mass is 225 g/mol. The zero-order valence-corrected chi connectivity index (χ0v) is 9.95. The zero-order chi connectivity index (χ0) is 12.1. The van der Waals surface area contributed by atoms with Crippen LogP contribution in [0.1, 0.15) is 33.6 Å². The third-order valence-corrected chi connectivity index (χ3v) is 2.75. The minimum absolute atomic E-state index is 0.125. The number of amides is 1. The molecule has 0 saturated carbocycles. The van der Waals surface area contributed by atoms with Crippen molar-refractivity contribution < 1.29 is 9.90 Å². The second-order valence-corrected chi connectivity index (χ2v) is 3.76. The number of allylic oxidation sites excluding steroid dienone is 1. The van der Waals surface area contributed by atoms with Crippen molar-refractivity contribution in [3.63, 3.8) is 0 Å². The van der Waals surface area contributed by atoms with Crippen molar-refractivity contribution in [2.45, 2.75) is 39.7 Å².